The topological polar surface area (TPSA) is 15.8 Å². The second-order valence-electron chi connectivity index (χ2n) is 4.68. The summed E-state index contributed by atoms with van der Waals surface area (Å²) in [4.78, 5) is 3.17. The number of hydrogen-bond donors (Lipinski definition) is 1. The Hall–Kier alpha value is -2.09. The van der Waals surface area contributed by atoms with E-state index in [0.717, 1.165) is 22.2 Å². The molecule has 3 rings (SSSR count). The molecule has 0 aliphatic carbocycles. The molecule has 3 aromatic rings. The van der Waals surface area contributed by atoms with Crippen LogP contribution in [-0.2, 0) is 0 Å². The van der Waals surface area contributed by atoms with Gasteiger partial charge in [0.1, 0.15) is 0 Å². The van der Waals surface area contributed by atoms with Gasteiger partial charge in [-0.2, -0.15) is 0 Å². The molecule has 0 spiro atoms. The van der Waals surface area contributed by atoms with Gasteiger partial charge in [-0.1, -0.05) is 35.9 Å². The normalized spacial score (nSPS) is 11.1. The van der Waals surface area contributed by atoms with Crippen molar-refractivity contribution in [1.29, 1.82) is 0 Å². The zero-order valence-electron chi connectivity index (χ0n) is 10.4. The standard InChI is InChI=1S/C16H14FN/c1-10-7-8-14-13(9-10)15(17)16(18-14)12-6-4-3-5-11(12)2/h3-9,18H,1-2H3. The lowest BCUT2D eigenvalue weighted by Gasteiger charge is -2.02. The quantitative estimate of drug-likeness (QED) is 0.639. The number of nitrogens with one attached hydrogen (secondary N) is 1. The van der Waals surface area contributed by atoms with Crippen molar-refractivity contribution < 1.29 is 4.39 Å². The number of halogens is 1. The van der Waals surface area contributed by atoms with Crippen LogP contribution in [0.1, 0.15) is 11.1 Å². The average Bonchev–Trinajstić information content (AvgIpc) is 2.68. The number of aryl methyl sites for hydroxylation is 2. The molecule has 0 saturated carbocycles. The third-order valence-corrected chi connectivity index (χ3v) is 3.31. The molecule has 0 saturated heterocycles. The largest absolute Gasteiger partial charge is 0.352 e. The maximum absolute atomic E-state index is 14.4. The summed E-state index contributed by atoms with van der Waals surface area (Å²) in [6.45, 7) is 3.96. The number of H-pyrrole nitrogens is 1. The molecule has 1 heterocycles. The minimum absolute atomic E-state index is 0.164. The summed E-state index contributed by atoms with van der Waals surface area (Å²) < 4.78 is 14.4. The molecule has 1 nitrogen and oxygen atoms in total. The zero-order valence-corrected chi connectivity index (χ0v) is 10.4. The molecule has 18 heavy (non-hydrogen) atoms. The van der Waals surface area contributed by atoms with Gasteiger partial charge < -0.3 is 4.98 Å². The van der Waals surface area contributed by atoms with Gasteiger partial charge in [-0.05, 0) is 31.5 Å². The van der Waals surface area contributed by atoms with Crippen LogP contribution in [-0.4, -0.2) is 4.98 Å². The van der Waals surface area contributed by atoms with Crippen LogP contribution in [0.5, 0.6) is 0 Å². The van der Waals surface area contributed by atoms with Gasteiger partial charge in [-0.25, -0.2) is 4.39 Å². The Morgan fingerprint density at radius 1 is 1.00 bits per heavy atom. The van der Waals surface area contributed by atoms with Crippen molar-refractivity contribution in [3.05, 3.63) is 59.4 Å². The zero-order chi connectivity index (χ0) is 12.7. The summed E-state index contributed by atoms with van der Waals surface area (Å²) in [7, 11) is 0. The first-order valence-electron chi connectivity index (χ1n) is 6.00. The van der Waals surface area contributed by atoms with Crippen molar-refractivity contribution in [2.45, 2.75) is 13.8 Å². The lowest BCUT2D eigenvalue weighted by Crippen LogP contribution is -1.85. The van der Waals surface area contributed by atoms with Crippen LogP contribution >= 0.6 is 0 Å². The predicted octanol–water partition coefficient (Wildman–Crippen LogP) is 4.59. The second kappa shape index (κ2) is 3.98. The van der Waals surface area contributed by atoms with Gasteiger partial charge in [0.15, 0.2) is 5.82 Å². The molecule has 0 amide bonds. The van der Waals surface area contributed by atoms with E-state index >= 15 is 0 Å². The molecule has 1 aromatic heterocycles. The van der Waals surface area contributed by atoms with E-state index in [4.69, 9.17) is 0 Å². The maximum atomic E-state index is 14.4. The summed E-state index contributed by atoms with van der Waals surface area (Å²) in [6.07, 6.45) is 0. The third kappa shape index (κ3) is 1.61. The van der Waals surface area contributed by atoms with E-state index in [9.17, 15) is 4.39 Å². The average molecular weight is 239 g/mol. The van der Waals surface area contributed by atoms with E-state index in [1.807, 2.05) is 56.3 Å². The molecular weight excluding hydrogens is 225 g/mol. The van der Waals surface area contributed by atoms with E-state index < -0.39 is 0 Å². The summed E-state index contributed by atoms with van der Waals surface area (Å²) in [5.41, 5.74) is 4.48. The van der Waals surface area contributed by atoms with E-state index in [2.05, 4.69) is 4.98 Å². The molecule has 0 radical (unpaired) electrons. The molecule has 0 aliphatic rings. The highest BCUT2D eigenvalue weighted by atomic mass is 19.1. The summed E-state index contributed by atoms with van der Waals surface area (Å²) in [6, 6.07) is 13.6. The van der Waals surface area contributed by atoms with Crippen LogP contribution in [0.25, 0.3) is 22.2 Å². The van der Waals surface area contributed by atoms with Crippen molar-refractivity contribution in [2.75, 3.05) is 0 Å². The lowest BCUT2D eigenvalue weighted by molar-refractivity contribution is 0.643. The summed E-state index contributed by atoms with van der Waals surface area (Å²) in [5, 5.41) is 0.660. The SMILES string of the molecule is Cc1ccc2[nH]c(-c3ccccc3C)c(F)c2c1. The van der Waals surface area contributed by atoms with Crippen molar-refractivity contribution in [2.24, 2.45) is 0 Å². The molecule has 0 fully saturated rings. The van der Waals surface area contributed by atoms with Crippen molar-refractivity contribution in [3.8, 4) is 11.3 Å². The number of aromatic nitrogens is 1. The van der Waals surface area contributed by atoms with Crippen LogP contribution in [0.4, 0.5) is 4.39 Å². The van der Waals surface area contributed by atoms with Crippen LogP contribution < -0.4 is 0 Å². The highest BCUT2D eigenvalue weighted by Crippen LogP contribution is 2.30. The fraction of sp³-hybridized carbons (Fsp3) is 0.125. The highest BCUT2D eigenvalue weighted by molar-refractivity contribution is 5.87. The van der Waals surface area contributed by atoms with E-state index in [-0.39, 0.29) is 5.82 Å². The lowest BCUT2D eigenvalue weighted by atomic mass is 10.1. The molecular formula is C16H14FN. The van der Waals surface area contributed by atoms with Crippen molar-refractivity contribution in [3.63, 3.8) is 0 Å². The number of aromatic amines is 1. The Labute approximate surface area is 105 Å². The predicted molar refractivity (Wildman–Crippen MR) is 73.2 cm³/mol. The van der Waals surface area contributed by atoms with Crippen LogP contribution in [0.3, 0.4) is 0 Å². The molecule has 2 aromatic carbocycles. The number of rotatable bonds is 1. The Bertz CT molecular complexity index is 725. The minimum atomic E-state index is -0.164. The van der Waals surface area contributed by atoms with Gasteiger partial charge in [-0.15, -0.1) is 0 Å². The van der Waals surface area contributed by atoms with Crippen molar-refractivity contribution in [1.82, 2.24) is 4.98 Å². The Morgan fingerprint density at radius 3 is 2.56 bits per heavy atom. The van der Waals surface area contributed by atoms with Gasteiger partial charge in [0.05, 0.1) is 5.69 Å². The molecule has 0 unspecified atom stereocenters. The first-order valence-corrected chi connectivity index (χ1v) is 6.00. The van der Waals surface area contributed by atoms with E-state index in [0.29, 0.717) is 11.1 Å². The monoisotopic (exact) mass is 239 g/mol. The van der Waals surface area contributed by atoms with Gasteiger partial charge in [0, 0.05) is 16.5 Å². The van der Waals surface area contributed by atoms with Crippen molar-refractivity contribution >= 4 is 10.9 Å². The number of fused-ring (bicyclic) bond motifs is 1. The molecule has 0 bridgehead atoms. The smallest absolute Gasteiger partial charge is 0.156 e. The van der Waals surface area contributed by atoms with Crippen LogP contribution in [0.15, 0.2) is 42.5 Å². The first kappa shape index (κ1) is 11.0. The Balaban J connectivity index is 2.31. The Kier molecular flexibility index (Phi) is 2.44. The van der Waals surface area contributed by atoms with Gasteiger partial charge in [0.2, 0.25) is 0 Å². The number of hydrogen-bond acceptors (Lipinski definition) is 0. The third-order valence-electron chi connectivity index (χ3n) is 3.31. The molecule has 90 valence electrons. The fourth-order valence-electron chi connectivity index (χ4n) is 2.31. The molecule has 1 N–H and O–H groups in total. The first-order chi connectivity index (χ1) is 8.66. The van der Waals surface area contributed by atoms with Crippen LogP contribution in [0, 0.1) is 19.7 Å². The van der Waals surface area contributed by atoms with Crippen LogP contribution in [0.2, 0.25) is 0 Å². The fourth-order valence-corrected chi connectivity index (χ4v) is 2.31. The number of benzene rings is 2. The highest BCUT2D eigenvalue weighted by Gasteiger charge is 2.14. The minimum Gasteiger partial charge on any atom is -0.352 e. The summed E-state index contributed by atoms with van der Waals surface area (Å²) >= 11 is 0. The molecule has 0 aliphatic heterocycles. The summed E-state index contributed by atoms with van der Waals surface area (Å²) in [5.74, 6) is -0.164. The van der Waals surface area contributed by atoms with Gasteiger partial charge in [0.25, 0.3) is 0 Å². The van der Waals surface area contributed by atoms with Gasteiger partial charge >= 0.3 is 0 Å². The maximum Gasteiger partial charge on any atom is 0.156 e. The van der Waals surface area contributed by atoms with E-state index in [1.54, 1.807) is 0 Å². The Morgan fingerprint density at radius 2 is 1.78 bits per heavy atom. The van der Waals surface area contributed by atoms with Gasteiger partial charge in [-0.3, -0.25) is 0 Å². The molecule has 2 heteroatoms. The van der Waals surface area contributed by atoms with E-state index in [1.165, 1.54) is 0 Å². The second-order valence-corrected chi connectivity index (χ2v) is 4.68. The molecule has 0 atom stereocenters.